The van der Waals surface area contributed by atoms with E-state index in [1.807, 2.05) is 6.92 Å². The standard InChI is InChI=1S/C12H12FN5O/c1-8-5-11-10(6-17(8)7-19)15-16-18(11)12-9(13)3-2-4-14-12/h2-4,7-8H,5-6H2,1H3. The molecule has 1 aliphatic heterocycles. The first kappa shape index (κ1) is 11.8. The number of carbonyl (C=O) groups is 1. The van der Waals surface area contributed by atoms with Crippen molar-refractivity contribution in [2.75, 3.05) is 0 Å². The van der Waals surface area contributed by atoms with Crippen molar-refractivity contribution in [1.29, 1.82) is 0 Å². The average molecular weight is 261 g/mol. The van der Waals surface area contributed by atoms with Crippen molar-refractivity contribution in [1.82, 2.24) is 24.9 Å². The summed E-state index contributed by atoms with van der Waals surface area (Å²) in [4.78, 5) is 16.6. The molecule has 98 valence electrons. The maximum Gasteiger partial charge on any atom is 0.210 e. The van der Waals surface area contributed by atoms with Crippen LogP contribution in [0.4, 0.5) is 4.39 Å². The van der Waals surface area contributed by atoms with Gasteiger partial charge in [0, 0.05) is 18.7 Å². The topological polar surface area (TPSA) is 63.9 Å². The number of halogens is 1. The van der Waals surface area contributed by atoms with Crippen LogP contribution in [0.15, 0.2) is 18.3 Å². The molecule has 3 heterocycles. The van der Waals surface area contributed by atoms with Crippen molar-refractivity contribution in [2.45, 2.75) is 25.9 Å². The summed E-state index contributed by atoms with van der Waals surface area (Å²) < 4.78 is 15.2. The highest BCUT2D eigenvalue weighted by atomic mass is 19.1. The Morgan fingerprint density at radius 1 is 1.53 bits per heavy atom. The van der Waals surface area contributed by atoms with E-state index in [4.69, 9.17) is 0 Å². The Balaban J connectivity index is 2.06. The zero-order valence-corrected chi connectivity index (χ0v) is 10.3. The molecule has 0 saturated carbocycles. The van der Waals surface area contributed by atoms with Gasteiger partial charge in [-0.2, -0.15) is 4.68 Å². The normalized spacial score (nSPS) is 18.2. The number of rotatable bonds is 2. The molecular weight excluding hydrogens is 249 g/mol. The van der Waals surface area contributed by atoms with Crippen LogP contribution >= 0.6 is 0 Å². The minimum Gasteiger partial charge on any atom is -0.336 e. The number of pyridine rings is 1. The predicted molar refractivity (Wildman–Crippen MR) is 63.9 cm³/mol. The Hall–Kier alpha value is -2.31. The van der Waals surface area contributed by atoms with Crippen LogP contribution in [0.3, 0.4) is 0 Å². The zero-order valence-electron chi connectivity index (χ0n) is 10.3. The quantitative estimate of drug-likeness (QED) is 0.747. The molecule has 1 amide bonds. The number of hydrogen-bond donors (Lipinski definition) is 0. The van der Waals surface area contributed by atoms with E-state index in [1.165, 1.54) is 23.0 Å². The second-order valence-electron chi connectivity index (χ2n) is 4.53. The van der Waals surface area contributed by atoms with Crippen molar-refractivity contribution < 1.29 is 9.18 Å². The number of hydrogen-bond acceptors (Lipinski definition) is 4. The average Bonchev–Trinajstić information content (AvgIpc) is 2.81. The van der Waals surface area contributed by atoms with E-state index in [0.717, 1.165) is 12.1 Å². The molecule has 0 N–H and O–H groups in total. The molecule has 1 aliphatic rings. The monoisotopic (exact) mass is 261 g/mol. The third kappa shape index (κ3) is 1.87. The molecule has 0 bridgehead atoms. The highest BCUT2D eigenvalue weighted by Gasteiger charge is 2.28. The summed E-state index contributed by atoms with van der Waals surface area (Å²) in [6, 6.07) is 2.90. The lowest BCUT2D eigenvalue weighted by Gasteiger charge is -2.29. The first-order chi connectivity index (χ1) is 9.20. The third-order valence-electron chi connectivity index (χ3n) is 3.31. The maximum absolute atomic E-state index is 13.7. The second-order valence-corrected chi connectivity index (χ2v) is 4.53. The zero-order chi connectivity index (χ0) is 13.4. The molecule has 0 spiro atoms. The predicted octanol–water partition coefficient (Wildman–Crippen LogP) is 0.704. The molecule has 3 rings (SSSR count). The summed E-state index contributed by atoms with van der Waals surface area (Å²) >= 11 is 0. The van der Waals surface area contributed by atoms with Crippen molar-refractivity contribution >= 4 is 6.41 Å². The Bertz CT molecular complexity index is 626. The first-order valence-electron chi connectivity index (χ1n) is 5.96. The van der Waals surface area contributed by atoms with E-state index in [-0.39, 0.29) is 11.9 Å². The smallest absolute Gasteiger partial charge is 0.210 e. The number of fused-ring (bicyclic) bond motifs is 1. The molecule has 0 aliphatic carbocycles. The summed E-state index contributed by atoms with van der Waals surface area (Å²) in [6.45, 7) is 2.33. The molecule has 19 heavy (non-hydrogen) atoms. The van der Waals surface area contributed by atoms with Gasteiger partial charge in [0.05, 0.1) is 12.2 Å². The minimum absolute atomic E-state index is 0.0361. The van der Waals surface area contributed by atoms with Gasteiger partial charge in [0.2, 0.25) is 6.41 Å². The highest BCUT2D eigenvalue weighted by Crippen LogP contribution is 2.22. The Labute approximate surface area is 108 Å². The lowest BCUT2D eigenvalue weighted by Crippen LogP contribution is -2.37. The molecule has 1 unspecified atom stereocenters. The summed E-state index contributed by atoms with van der Waals surface area (Å²) in [5.41, 5.74) is 1.50. The third-order valence-corrected chi connectivity index (χ3v) is 3.31. The first-order valence-corrected chi connectivity index (χ1v) is 5.96. The molecular formula is C12H12FN5O. The van der Waals surface area contributed by atoms with Gasteiger partial charge >= 0.3 is 0 Å². The number of amides is 1. The van der Waals surface area contributed by atoms with Crippen molar-refractivity contribution in [3.63, 3.8) is 0 Å². The van der Waals surface area contributed by atoms with Crippen LogP contribution < -0.4 is 0 Å². The van der Waals surface area contributed by atoms with E-state index >= 15 is 0 Å². The largest absolute Gasteiger partial charge is 0.336 e. The molecule has 0 saturated heterocycles. The van der Waals surface area contributed by atoms with Gasteiger partial charge in [-0.3, -0.25) is 4.79 Å². The summed E-state index contributed by atoms with van der Waals surface area (Å²) in [6.07, 6.45) is 2.89. The minimum atomic E-state index is -0.444. The fourth-order valence-corrected chi connectivity index (χ4v) is 2.23. The van der Waals surface area contributed by atoms with Crippen LogP contribution in [0, 0.1) is 5.82 Å². The molecule has 2 aromatic rings. The van der Waals surface area contributed by atoms with Gasteiger partial charge in [-0.05, 0) is 19.1 Å². The van der Waals surface area contributed by atoms with Gasteiger partial charge in [0.15, 0.2) is 11.6 Å². The summed E-state index contributed by atoms with van der Waals surface area (Å²) in [7, 11) is 0. The van der Waals surface area contributed by atoms with Crippen molar-refractivity contribution in [2.24, 2.45) is 0 Å². The maximum atomic E-state index is 13.7. The fourth-order valence-electron chi connectivity index (χ4n) is 2.23. The Kier molecular flexibility index (Phi) is 2.73. The van der Waals surface area contributed by atoms with Crippen LogP contribution in [0.5, 0.6) is 0 Å². The van der Waals surface area contributed by atoms with Gasteiger partial charge in [0.25, 0.3) is 0 Å². The van der Waals surface area contributed by atoms with Gasteiger partial charge < -0.3 is 4.90 Å². The Morgan fingerprint density at radius 3 is 3.11 bits per heavy atom. The molecule has 0 radical (unpaired) electrons. The van der Waals surface area contributed by atoms with Crippen LogP contribution in [-0.2, 0) is 17.8 Å². The van der Waals surface area contributed by atoms with E-state index in [1.54, 1.807) is 4.90 Å². The van der Waals surface area contributed by atoms with Crippen LogP contribution in [-0.4, -0.2) is 37.3 Å². The van der Waals surface area contributed by atoms with E-state index < -0.39 is 5.82 Å². The van der Waals surface area contributed by atoms with Gasteiger partial charge in [0.1, 0.15) is 5.69 Å². The van der Waals surface area contributed by atoms with Crippen LogP contribution in [0.1, 0.15) is 18.3 Å². The highest BCUT2D eigenvalue weighted by molar-refractivity contribution is 5.49. The molecule has 0 fully saturated rings. The number of carbonyl (C=O) groups excluding carboxylic acids is 1. The van der Waals surface area contributed by atoms with Gasteiger partial charge in [-0.1, -0.05) is 5.21 Å². The molecule has 0 aromatic carbocycles. The number of nitrogens with zero attached hydrogens (tertiary/aromatic N) is 5. The fraction of sp³-hybridized carbons (Fsp3) is 0.333. The molecule has 7 heteroatoms. The van der Waals surface area contributed by atoms with Crippen LogP contribution in [0.25, 0.3) is 5.82 Å². The van der Waals surface area contributed by atoms with Crippen molar-refractivity contribution in [3.05, 3.63) is 35.5 Å². The molecule has 6 nitrogen and oxygen atoms in total. The van der Waals surface area contributed by atoms with Gasteiger partial charge in [-0.25, -0.2) is 9.37 Å². The molecule has 2 aromatic heterocycles. The second kappa shape index (κ2) is 4.42. The lowest BCUT2D eigenvalue weighted by molar-refractivity contribution is -0.120. The van der Waals surface area contributed by atoms with Crippen LogP contribution in [0.2, 0.25) is 0 Å². The van der Waals surface area contributed by atoms with Crippen molar-refractivity contribution in [3.8, 4) is 5.82 Å². The van der Waals surface area contributed by atoms with E-state index in [0.29, 0.717) is 18.7 Å². The molecule has 1 atom stereocenters. The lowest BCUT2D eigenvalue weighted by atomic mass is 10.0. The summed E-state index contributed by atoms with van der Waals surface area (Å²) in [5.74, 6) is -0.302. The van der Waals surface area contributed by atoms with Gasteiger partial charge in [-0.15, -0.1) is 5.10 Å². The SMILES string of the molecule is CC1Cc2c(nnn2-c2ncccc2F)CN1C=O. The van der Waals surface area contributed by atoms with E-state index in [2.05, 4.69) is 15.3 Å². The Morgan fingerprint density at radius 2 is 2.37 bits per heavy atom. The van der Waals surface area contributed by atoms with E-state index in [9.17, 15) is 9.18 Å². The summed E-state index contributed by atoms with van der Waals surface area (Å²) in [5, 5.41) is 7.97. The number of aromatic nitrogens is 4.